The molecule has 9 nitrogen and oxygen atoms in total. The van der Waals surface area contributed by atoms with Gasteiger partial charge in [0, 0.05) is 6.54 Å². The summed E-state index contributed by atoms with van der Waals surface area (Å²) in [5, 5.41) is 18.1. The highest BCUT2D eigenvalue weighted by molar-refractivity contribution is 5.69. The summed E-state index contributed by atoms with van der Waals surface area (Å²) in [7, 11) is 0. The molecule has 158 valence electrons. The summed E-state index contributed by atoms with van der Waals surface area (Å²) >= 11 is 0. The van der Waals surface area contributed by atoms with Gasteiger partial charge in [0.15, 0.2) is 0 Å². The number of amides is 2. The van der Waals surface area contributed by atoms with Crippen LogP contribution in [0.25, 0.3) is 0 Å². The van der Waals surface area contributed by atoms with Crippen LogP contribution in [-0.4, -0.2) is 82.8 Å². The van der Waals surface area contributed by atoms with Crippen LogP contribution in [0.2, 0.25) is 0 Å². The van der Waals surface area contributed by atoms with Crippen molar-refractivity contribution in [2.45, 2.75) is 71.1 Å². The minimum absolute atomic E-state index is 0.174. The Morgan fingerprint density at radius 2 is 1.36 bits per heavy atom. The predicted molar refractivity (Wildman–Crippen MR) is 99.4 cm³/mol. The van der Waals surface area contributed by atoms with Gasteiger partial charge in [-0.25, -0.2) is 9.59 Å². The number of nitriles is 1. The maximum atomic E-state index is 11.6. The van der Waals surface area contributed by atoms with Crippen molar-refractivity contribution in [3.8, 4) is 6.07 Å². The molecule has 0 aromatic carbocycles. The molecule has 0 bridgehead atoms. The zero-order chi connectivity index (χ0) is 21.3. The van der Waals surface area contributed by atoms with Gasteiger partial charge >= 0.3 is 12.2 Å². The molecule has 28 heavy (non-hydrogen) atoms. The minimum Gasteiger partial charge on any atom is -0.444 e. The molecular weight excluding hydrogens is 366 g/mol. The number of hydrogen-bond acceptors (Lipinski definition) is 7. The Morgan fingerprint density at radius 3 is 1.71 bits per heavy atom. The summed E-state index contributed by atoms with van der Waals surface area (Å²) in [6.45, 7) is 12.8. The van der Waals surface area contributed by atoms with E-state index in [1.165, 1.54) is 4.90 Å². The molecule has 0 aliphatic carbocycles. The molecule has 4 atom stereocenters. The number of aliphatic hydroxyl groups excluding tert-OH is 1. The summed E-state index contributed by atoms with van der Waals surface area (Å²) in [5.41, 5.74) is -0.947. The molecule has 1 N–H and O–H groups in total. The van der Waals surface area contributed by atoms with Crippen molar-refractivity contribution < 1.29 is 28.9 Å². The highest BCUT2D eigenvalue weighted by Gasteiger charge is 2.49. The number of carbonyl (C=O) groups is 2. The SMILES string of the molecule is CC(C)(C)OC(=O)N1CC2OC2C1.CC(C)(C)OC(=O)N1C[C@H](O)[C@@H](C#N)C1. The van der Waals surface area contributed by atoms with Crippen molar-refractivity contribution in [1.29, 1.82) is 5.26 Å². The second kappa shape index (κ2) is 8.13. The molecule has 3 aliphatic rings. The van der Waals surface area contributed by atoms with Crippen molar-refractivity contribution in [3.05, 3.63) is 0 Å². The second-order valence-corrected chi connectivity index (χ2v) is 9.29. The fourth-order valence-electron chi connectivity index (χ4n) is 2.87. The maximum absolute atomic E-state index is 11.6. The van der Waals surface area contributed by atoms with Crippen LogP contribution in [-0.2, 0) is 14.2 Å². The van der Waals surface area contributed by atoms with Crippen LogP contribution >= 0.6 is 0 Å². The number of β-amino-alcohol motifs (C(OH)–C–C–N with tert-alkyl or cyclic N) is 1. The van der Waals surface area contributed by atoms with E-state index in [2.05, 4.69) is 0 Å². The Morgan fingerprint density at radius 1 is 0.929 bits per heavy atom. The number of fused-ring (bicyclic) bond motifs is 1. The van der Waals surface area contributed by atoms with Crippen LogP contribution in [0, 0.1) is 17.2 Å². The average Bonchev–Trinajstić information content (AvgIpc) is 2.96. The molecule has 0 saturated carbocycles. The van der Waals surface area contributed by atoms with E-state index in [4.69, 9.17) is 19.5 Å². The number of hydrogen-bond donors (Lipinski definition) is 1. The number of nitrogens with zero attached hydrogens (tertiary/aromatic N) is 3. The molecule has 0 aromatic heterocycles. The number of rotatable bonds is 0. The molecule has 3 saturated heterocycles. The number of carbonyl (C=O) groups excluding carboxylic acids is 2. The number of aliphatic hydroxyl groups is 1. The van der Waals surface area contributed by atoms with Gasteiger partial charge in [-0.15, -0.1) is 0 Å². The lowest BCUT2D eigenvalue weighted by molar-refractivity contribution is 0.0228. The van der Waals surface area contributed by atoms with Crippen LogP contribution in [0.15, 0.2) is 0 Å². The van der Waals surface area contributed by atoms with E-state index in [1.807, 2.05) is 26.8 Å². The van der Waals surface area contributed by atoms with Crippen LogP contribution in [0.1, 0.15) is 41.5 Å². The smallest absolute Gasteiger partial charge is 0.410 e. The number of ether oxygens (including phenoxy) is 3. The monoisotopic (exact) mass is 397 g/mol. The predicted octanol–water partition coefficient (Wildman–Crippen LogP) is 1.74. The molecule has 3 fully saturated rings. The largest absolute Gasteiger partial charge is 0.444 e. The summed E-state index contributed by atoms with van der Waals surface area (Å²) in [6.07, 6.45) is -0.884. The van der Waals surface area contributed by atoms with Gasteiger partial charge in [-0.2, -0.15) is 5.26 Å². The Labute approximate surface area is 166 Å². The fraction of sp³-hybridized carbons (Fsp3) is 0.842. The second-order valence-electron chi connectivity index (χ2n) is 9.29. The van der Waals surface area contributed by atoms with Crippen molar-refractivity contribution in [3.63, 3.8) is 0 Å². The highest BCUT2D eigenvalue weighted by Crippen LogP contribution is 2.31. The highest BCUT2D eigenvalue weighted by atomic mass is 16.6. The van der Waals surface area contributed by atoms with Crippen molar-refractivity contribution >= 4 is 12.2 Å². The Kier molecular flexibility index (Phi) is 6.46. The van der Waals surface area contributed by atoms with Gasteiger partial charge in [0.05, 0.1) is 37.7 Å². The number of morpholine rings is 1. The minimum atomic E-state index is -0.762. The van der Waals surface area contributed by atoms with E-state index >= 15 is 0 Å². The van der Waals surface area contributed by atoms with Gasteiger partial charge in [-0.1, -0.05) is 0 Å². The number of likely N-dealkylation sites (tertiary alicyclic amines) is 2. The lowest BCUT2D eigenvalue weighted by Crippen LogP contribution is -2.37. The summed E-state index contributed by atoms with van der Waals surface area (Å²) in [4.78, 5) is 26.1. The normalized spacial score (nSPS) is 28.6. The van der Waals surface area contributed by atoms with Crippen LogP contribution in [0.4, 0.5) is 9.59 Å². The van der Waals surface area contributed by atoms with Crippen LogP contribution in [0.3, 0.4) is 0 Å². The van der Waals surface area contributed by atoms with E-state index in [-0.39, 0.29) is 31.4 Å². The first kappa shape index (κ1) is 22.2. The lowest BCUT2D eigenvalue weighted by Gasteiger charge is -2.24. The first-order valence-corrected chi connectivity index (χ1v) is 9.48. The van der Waals surface area contributed by atoms with Gasteiger partial charge in [0.1, 0.15) is 23.4 Å². The number of epoxide rings is 1. The van der Waals surface area contributed by atoms with E-state index < -0.39 is 29.3 Å². The molecule has 0 spiro atoms. The zero-order valence-electron chi connectivity index (χ0n) is 17.5. The summed E-state index contributed by atoms with van der Waals surface area (Å²) in [5.74, 6) is -0.502. The van der Waals surface area contributed by atoms with E-state index in [9.17, 15) is 14.7 Å². The topological polar surface area (TPSA) is 116 Å². The zero-order valence-corrected chi connectivity index (χ0v) is 17.5. The quantitative estimate of drug-likeness (QED) is 0.619. The molecule has 0 aromatic rings. The lowest BCUT2D eigenvalue weighted by atomic mass is 10.1. The van der Waals surface area contributed by atoms with Crippen molar-refractivity contribution in [2.24, 2.45) is 5.92 Å². The van der Waals surface area contributed by atoms with E-state index in [1.54, 1.807) is 25.7 Å². The van der Waals surface area contributed by atoms with Gasteiger partial charge in [0.2, 0.25) is 0 Å². The Balaban J connectivity index is 0.000000202. The van der Waals surface area contributed by atoms with Crippen molar-refractivity contribution in [2.75, 3.05) is 26.2 Å². The van der Waals surface area contributed by atoms with E-state index in [0.717, 1.165) is 0 Å². The average molecular weight is 397 g/mol. The molecular formula is C19H31N3O6. The van der Waals surface area contributed by atoms with E-state index in [0.29, 0.717) is 13.1 Å². The van der Waals surface area contributed by atoms with Gasteiger partial charge < -0.3 is 29.1 Å². The third kappa shape index (κ3) is 6.53. The molecule has 3 rings (SSSR count). The molecule has 3 heterocycles. The summed E-state index contributed by atoms with van der Waals surface area (Å²) in [6, 6.07) is 1.96. The third-order valence-electron chi connectivity index (χ3n) is 4.25. The molecule has 2 amide bonds. The fourth-order valence-corrected chi connectivity index (χ4v) is 2.87. The van der Waals surface area contributed by atoms with Gasteiger partial charge in [-0.3, -0.25) is 0 Å². The molecule has 0 radical (unpaired) electrons. The molecule has 2 unspecified atom stereocenters. The molecule has 3 aliphatic heterocycles. The van der Waals surface area contributed by atoms with Crippen LogP contribution in [0.5, 0.6) is 0 Å². The van der Waals surface area contributed by atoms with Gasteiger partial charge in [-0.05, 0) is 41.5 Å². The first-order valence-electron chi connectivity index (χ1n) is 9.48. The van der Waals surface area contributed by atoms with Gasteiger partial charge in [0.25, 0.3) is 0 Å². The standard InChI is InChI=1S/C10H16N2O3.C9H15NO3/c1-10(2,3)15-9(14)12-5-7(4-11)8(13)6-12;1-9(2,3)13-8(11)10-4-6-7(5-10)12-6/h7-8,13H,5-6H2,1-3H3;6-7H,4-5H2,1-3H3/t7-,8-;/m0./s1. The Bertz CT molecular complexity index is 623. The summed E-state index contributed by atoms with van der Waals surface area (Å²) < 4.78 is 15.6. The van der Waals surface area contributed by atoms with Crippen molar-refractivity contribution in [1.82, 2.24) is 9.80 Å². The Hall–Kier alpha value is -2.05. The third-order valence-corrected chi connectivity index (χ3v) is 4.25. The molecule has 9 heteroatoms. The first-order chi connectivity index (χ1) is 12.8. The maximum Gasteiger partial charge on any atom is 0.410 e. The van der Waals surface area contributed by atoms with Crippen LogP contribution < -0.4 is 0 Å².